The predicted octanol–water partition coefficient (Wildman–Crippen LogP) is -1.47. The minimum absolute atomic E-state index is 0.0117. The third-order valence-corrected chi connectivity index (χ3v) is 2.30. The third kappa shape index (κ3) is 2.54. The summed E-state index contributed by atoms with van der Waals surface area (Å²) in [5.41, 5.74) is -0.768. The van der Waals surface area contributed by atoms with Crippen molar-refractivity contribution < 1.29 is 4.74 Å². The number of nitrogens with zero attached hydrogens (tertiary/aromatic N) is 1. The zero-order valence-corrected chi connectivity index (χ0v) is 8.23. The van der Waals surface area contributed by atoms with Gasteiger partial charge in [-0.05, 0) is 0 Å². The maximum atomic E-state index is 11.3. The Morgan fingerprint density at radius 2 is 2.40 bits per heavy atom. The Morgan fingerprint density at radius 3 is 3.07 bits per heavy atom. The molecule has 0 saturated carbocycles. The van der Waals surface area contributed by atoms with E-state index >= 15 is 0 Å². The molecule has 0 aromatic carbocycles. The van der Waals surface area contributed by atoms with Gasteiger partial charge < -0.3 is 10.1 Å². The van der Waals surface area contributed by atoms with E-state index in [1.165, 1.54) is 16.8 Å². The molecule has 1 aromatic rings. The van der Waals surface area contributed by atoms with Crippen LogP contribution in [0.5, 0.6) is 0 Å². The van der Waals surface area contributed by atoms with Crippen LogP contribution in [0.1, 0.15) is 0 Å². The molecular weight excluding hydrogens is 198 g/mol. The van der Waals surface area contributed by atoms with E-state index in [2.05, 4.69) is 10.3 Å². The lowest BCUT2D eigenvalue weighted by atomic mass is 10.3. The number of ether oxygens (including phenoxy) is 1. The Balaban J connectivity index is 2.09. The molecule has 1 aliphatic heterocycles. The molecular formula is C9H13N3O3. The molecule has 0 bridgehead atoms. The molecule has 0 radical (unpaired) electrons. The van der Waals surface area contributed by atoms with E-state index in [1.54, 1.807) is 0 Å². The van der Waals surface area contributed by atoms with E-state index in [0.717, 1.165) is 13.1 Å². The lowest BCUT2D eigenvalue weighted by Gasteiger charge is -2.23. The average Bonchev–Trinajstić information content (AvgIpc) is 2.24. The number of morpholine rings is 1. The number of hydrogen-bond acceptors (Lipinski definition) is 4. The van der Waals surface area contributed by atoms with Crippen LogP contribution in [0.15, 0.2) is 21.9 Å². The van der Waals surface area contributed by atoms with E-state index in [1.807, 2.05) is 0 Å². The largest absolute Gasteiger partial charge is 0.374 e. The second-order valence-electron chi connectivity index (χ2n) is 3.46. The molecule has 1 unspecified atom stereocenters. The molecule has 1 aliphatic rings. The molecule has 6 heteroatoms. The summed E-state index contributed by atoms with van der Waals surface area (Å²) in [4.78, 5) is 24.4. The van der Waals surface area contributed by atoms with Crippen molar-refractivity contribution >= 4 is 0 Å². The summed E-state index contributed by atoms with van der Waals surface area (Å²) in [5.74, 6) is 0. The highest BCUT2D eigenvalue weighted by molar-refractivity contribution is 4.83. The van der Waals surface area contributed by atoms with Gasteiger partial charge in [0.25, 0.3) is 5.56 Å². The van der Waals surface area contributed by atoms with Crippen molar-refractivity contribution in [2.45, 2.75) is 12.6 Å². The van der Waals surface area contributed by atoms with Crippen molar-refractivity contribution in [2.24, 2.45) is 0 Å². The van der Waals surface area contributed by atoms with Gasteiger partial charge in [0.15, 0.2) is 0 Å². The Morgan fingerprint density at radius 1 is 1.53 bits per heavy atom. The topological polar surface area (TPSA) is 76.1 Å². The highest BCUT2D eigenvalue weighted by Crippen LogP contribution is 1.97. The van der Waals surface area contributed by atoms with Crippen LogP contribution in [0.25, 0.3) is 0 Å². The van der Waals surface area contributed by atoms with Gasteiger partial charge in [0.1, 0.15) is 0 Å². The van der Waals surface area contributed by atoms with Crippen LogP contribution in [0.4, 0.5) is 0 Å². The van der Waals surface area contributed by atoms with Crippen molar-refractivity contribution in [2.75, 3.05) is 19.7 Å². The third-order valence-electron chi connectivity index (χ3n) is 2.30. The second-order valence-corrected chi connectivity index (χ2v) is 3.46. The molecule has 1 fully saturated rings. The number of aromatic nitrogens is 2. The normalized spacial score (nSPS) is 21.5. The number of nitrogens with one attached hydrogen (secondary N) is 2. The monoisotopic (exact) mass is 211 g/mol. The maximum Gasteiger partial charge on any atom is 0.328 e. The van der Waals surface area contributed by atoms with Crippen LogP contribution in [-0.4, -0.2) is 35.4 Å². The summed E-state index contributed by atoms with van der Waals surface area (Å²) in [7, 11) is 0. The smallest absolute Gasteiger partial charge is 0.328 e. The van der Waals surface area contributed by atoms with Gasteiger partial charge in [0.05, 0.1) is 19.3 Å². The molecule has 1 atom stereocenters. The number of hydrogen-bond donors (Lipinski definition) is 2. The van der Waals surface area contributed by atoms with Gasteiger partial charge in [-0.1, -0.05) is 0 Å². The van der Waals surface area contributed by atoms with Gasteiger partial charge in [-0.25, -0.2) is 4.79 Å². The predicted molar refractivity (Wildman–Crippen MR) is 53.9 cm³/mol. The minimum Gasteiger partial charge on any atom is -0.374 e. The Labute approximate surface area is 85.9 Å². The molecule has 1 saturated heterocycles. The Hall–Kier alpha value is -1.40. The summed E-state index contributed by atoms with van der Waals surface area (Å²) < 4.78 is 6.90. The van der Waals surface area contributed by atoms with Gasteiger partial charge in [-0.15, -0.1) is 0 Å². The number of aromatic amines is 1. The van der Waals surface area contributed by atoms with Gasteiger partial charge in [0, 0.05) is 25.4 Å². The highest BCUT2D eigenvalue weighted by Gasteiger charge is 2.14. The van der Waals surface area contributed by atoms with Crippen LogP contribution in [-0.2, 0) is 11.3 Å². The molecule has 2 rings (SSSR count). The zero-order chi connectivity index (χ0) is 10.7. The molecule has 0 spiro atoms. The first-order chi connectivity index (χ1) is 7.25. The van der Waals surface area contributed by atoms with Crippen LogP contribution < -0.4 is 16.6 Å². The van der Waals surface area contributed by atoms with Gasteiger partial charge in [-0.3, -0.25) is 14.3 Å². The van der Waals surface area contributed by atoms with Crippen molar-refractivity contribution in [3.63, 3.8) is 0 Å². The molecule has 0 amide bonds. The molecule has 0 aliphatic carbocycles. The summed E-state index contributed by atoms with van der Waals surface area (Å²) in [6.07, 6.45) is 1.47. The van der Waals surface area contributed by atoms with E-state index in [-0.39, 0.29) is 11.7 Å². The summed E-state index contributed by atoms with van der Waals surface area (Å²) in [5, 5.41) is 3.17. The Bertz CT molecular complexity index is 431. The summed E-state index contributed by atoms with van der Waals surface area (Å²) in [6, 6.07) is 1.33. The van der Waals surface area contributed by atoms with Crippen molar-refractivity contribution in [1.82, 2.24) is 14.9 Å². The fourth-order valence-electron chi connectivity index (χ4n) is 1.54. The van der Waals surface area contributed by atoms with E-state index in [0.29, 0.717) is 13.2 Å². The van der Waals surface area contributed by atoms with Crippen LogP contribution in [0, 0.1) is 0 Å². The summed E-state index contributed by atoms with van der Waals surface area (Å²) in [6.45, 7) is 2.69. The average molecular weight is 211 g/mol. The van der Waals surface area contributed by atoms with Crippen LogP contribution in [0.3, 0.4) is 0 Å². The lowest BCUT2D eigenvalue weighted by molar-refractivity contribution is 0.0174. The van der Waals surface area contributed by atoms with E-state index in [9.17, 15) is 9.59 Å². The maximum absolute atomic E-state index is 11.3. The standard InChI is InChI=1S/C9H13N3O3/c13-8-1-3-12(9(14)11-8)6-7-5-10-2-4-15-7/h1,3,7,10H,2,4-6H2,(H,11,13,14). The fourth-order valence-corrected chi connectivity index (χ4v) is 1.54. The number of H-pyrrole nitrogens is 1. The highest BCUT2D eigenvalue weighted by atomic mass is 16.5. The van der Waals surface area contributed by atoms with Crippen molar-refractivity contribution in [3.8, 4) is 0 Å². The van der Waals surface area contributed by atoms with Crippen LogP contribution in [0.2, 0.25) is 0 Å². The Kier molecular flexibility index (Phi) is 2.98. The molecule has 82 valence electrons. The van der Waals surface area contributed by atoms with Gasteiger partial charge >= 0.3 is 5.69 Å². The summed E-state index contributed by atoms with van der Waals surface area (Å²) >= 11 is 0. The van der Waals surface area contributed by atoms with E-state index in [4.69, 9.17) is 4.74 Å². The molecule has 1 aromatic heterocycles. The van der Waals surface area contributed by atoms with Crippen LogP contribution >= 0.6 is 0 Å². The van der Waals surface area contributed by atoms with Gasteiger partial charge in [-0.2, -0.15) is 0 Å². The lowest BCUT2D eigenvalue weighted by Crippen LogP contribution is -2.43. The first kappa shape index (κ1) is 10.1. The molecule has 15 heavy (non-hydrogen) atoms. The first-order valence-corrected chi connectivity index (χ1v) is 4.88. The number of rotatable bonds is 2. The van der Waals surface area contributed by atoms with Gasteiger partial charge in [0.2, 0.25) is 0 Å². The quantitative estimate of drug-likeness (QED) is 0.626. The second kappa shape index (κ2) is 4.41. The fraction of sp³-hybridized carbons (Fsp3) is 0.556. The van der Waals surface area contributed by atoms with Crippen molar-refractivity contribution in [1.29, 1.82) is 0 Å². The first-order valence-electron chi connectivity index (χ1n) is 4.88. The van der Waals surface area contributed by atoms with Crippen molar-refractivity contribution in [3.05, 3.63) is 33.1 Å². The zero-order valence-electron chi connectivity index (χ0n) is 8.23. The molecule has 2 heterocycles. The minimum atomic E-state index is -0.392. The molecule has 2 N–H and O–H groups in total. The SMILES string of the molecule is O=c1ccn(CC2CNCCO2)c(=O)[nH]1. The molecule has 6 nitrogen and oxygen atoms in total. The van der Waals surface area contributed by atoms with E-state index < -0.39 is 5.69 Å².